The molecule has 1 N–H and O–H groups in total. The Balaban J connectivity index is 1.89. The molecule has 14 heavy (non-hydrogen) atoms. The highest BCUT2D eigenvalue weighted by Crippen LogP contribution is 2.11. The van der Waals surface area contributed by atoms with E-state index in [0.29, 0.717) is 0 Å². The van der Waals surface area contributed by atoms with Crippen LogP contribution in [0.3, 0.4) is 0 Å². The summed E-state index contributed by atoms with van der Waals surface area (Å²) >= 11 is 1.85. The lowest BCUT2D eigenvalue weighted by Gasteiger charge is -2.08. The van der Waals surface area contributed by atoms with Crippen molar-refractivity contribution in [2.75, 3.05) is 18.8 Å². The normalized spacial score (nSPS) is 18.0. The Hall–Kier alpha value is -0.180. The van der Waals surface area contributed by atoms with Crippen molar-refractivity contribution in [2.45, 2.75) is 39.5 Å². The Morgan fingerprint density at radius 3 is 3.00 bits per heavy atom. The van der Waals surface area contributed by atoms with Gasteiger partial charge >= 0.3 is 0 Å². The van der Waals surface area contributed by atoms with E-state index >= 15 is 0 Å². The summed E-state index contributed by atoms with van der Waals surface area (Å²) in [7, 11) is 0. The van der Waals surface area contributed by atoms with Gasteiger partial charge in [0.25, 0.3) is 0 Å². The van der Waals surface area contributed by atoms with Crippen LogP contribution >= 0.6 is 11.8 Å². The number of rotatable bonds is 6. The van der Waals surface area contributed by atoms with Crippen molar-refractivity contribution in [3.8, 4) is 0 Å². The zero-order valence-electron chi connectivity index (χ0n) is 9.38. The molecule has 0 aromatic carbocycles. The molecule has 0 aromatic rings. The van der Waals surface area contributed by atoms with E-state index in [1.54, 1.807) is 0 Å². The Labute approximate surface area is 92.0 Å². The van der Waals surface area contributed by atoms with E-state index in [9.17, 15) is 0 Å². The average Bonchev–Trinajstić information content (AvgIpc) is 2.69. The molecule has 82 valence electrons. The van der Waals surface area contributed by atoms with Crippen LogP contribution in [0.5, 0.6) is 0 Å². The number of nitrogens with zero attached hydrogens (tertiary/aromatic N) is 1. The van der Waals surface area contributed by atoms with Gasteiger partial charge in [0.05, 0.1) is 6.54 Å². The summed E-state index contributed by atoms with van der Waals surface area (Å²) in [6.07, 6.45) is 5.32. The molecule has 3 heteroatoms. The molecule has 0 saturated carbocycles. The largest absolute Gasteiger partial charge is 0.365 e. The molecule has 1 aliphatic heterocycles. The third-order valence-electron chi connectivity index (χ3n) is 2.68. The van der Waals surface area contributed by atoms with Crippen LogP contribution < -0.4 is 5.32 Å². The second kappa shape index (κ2) is 7.16. The van der Waals surface area contributed by atoms with E-state index in [-0.39, 0.29) is 0 Å². The van der Waals surface area contributed by atoms with E-state index in [1.165, 1.54) is 25.7 Å². The van der Waals surface area contributed by atoms with Gasteiger partial charge < -0.3 is 5.32 Å². The third kappa shape index (κ3) is 4.89. The van der Waals surface area contributed by atoms with Crippen molar-refractivity contribution >= 4 is 16.9 Å². The number of thioether (sulfide) groups is 1. The SMILES string of the molecule is CC[C@H](C)CCCCNC1=NCCS1. The van der Waals surface area contributed by atoms with E-state index < -0.39 is 0 Å². The van der Waals surface area contributed by atoms with Crippen LogP contribution in [0.15, 0.2) is 4.99 Å². The topological polar surface area (TPSA) is 24.4 Å². The zero-order chi connectivity index (χ0) is 10.2. The Morgan fingerprint density at radius 2 is 2.36 bits per heavy atom. The molecule has 0 bridgehead atoms. The van der Waals surface area contributed by atoms with Crippen LogP contribution in [0.2, 0.25) is 0 Å². The van der Waals surface area contributed by atoms with Crippen molar-refractivity contribution in [3.05, 3.63) is 0 Å². The molecular weight excluding hydrogens is 192 g/mol. The minimum Gasteiger partial charge on any atom is -0.365 e. The number of aliphatic imine (C=N–C) groups is 1. The maximum atomic E-state index is 4.35. The summed E-state index contributed by atoms with van der Waals surface area (Å²) in [5.41, 5.74) is 0. The molecule has 0 unspecified atom stereocenters. The average molecular weight is 214 g/mol. The van der Waals surface area contributed by atoms with Crippen LogP contribution in [0.4, 0.5) is 0 Å². The van der Waals surface area contributed by atoms with Gasteiger partial charge in [0.2, 0.25) is 0 Å². The van der Waals surface area contributed by atoms with Crippen LogP contribution in [0.25, 0.3) is 0 Å². The first-order chi connectivity index (χ1) is 6.83. The first-order valence-corrected chi connectivity index (χ1v) is 6.72. The number of hydrogen-bond donors (Lipinski definition) is 1. The minimum absolute atomic E-state index is 0.896. The summed E-state index contributed by atoms with van der Waals surface area (Å²) < 4.78 is 0. The molecule has 1 aliphatic rings. The second-order valence-corrected chi connectivity index (χ2v) is 5.05. The fourth-order valence-electron chi connectivity index (χ4n) is 1.46. The smallest absolute Gasteiger partial charge is 0.156 e. The standard InChI is InChI=1S/C11H22N2S/c1-3-10(2)6-4-5-7-12-11-13-8-9-14-11/h10H,3-9H2,1-2H3,(H,12,13)/t10-/m0/s1. The van der Waals surface area contributed by atoms with Gasteiger partial charge in [-0.3, -0.25) is 4.99 Å². The Morgan fingerprint density at radius 1 is 1.50 bits per heavy atom. The number of nitrogens with one attached hydrogen (secondary N) is 1. The van der Waals surface area contributed by atoms with Crippen LogP contribution in [0, 0.1) is 5.92 Å². The Kier molecular flexibility index (Phi) is 6.08. The molecule has 1 heterocycles. The lowest BCUT2D eigenvalue weighted by Crippen LogP contribution is -2.20. The molecular formula is C11H22N2S. The fourth-order valence-corrected chi connectivity index (χ4v) is 2.22. The molecule has 0 aromatic heterocycles. The van der Waals surface area contributed by atoms with Gasteiger partial charge in [-0.1, -0.05) is 44.9 Å². The van der Waals surface area contributed by atoms with E-state index in [4.69, 9.17) is 0 Å². The van der Waals surface area contributed by atoms with Crippen LogP contribution in [-0.2, 0) is 0 Å². The van der Waals surface area contributed by atoms with Crippen LogP contribution in [0.1, 0.15) is 39.5 Å². The maximum absolute atomic E-state index is 4.35. The van der Waals surface area contributed by atoms with Crippen molar-refractivity contribution in [1.29, 1.82) is 0 Å². The molecule has 0 amide bonds. The summed E-state index contributed by atoms with van der Waals surface area (Å²) in [6.45, 7) is 6.71. The summed E-state index contributed by atoms with van der Waals surface area (Å²) in [6, 6.07) is 0. The number of unbranched alkanes of at least 4 members (excludes halogenated alkanes) is 1. The first-order valence-electron chi connectivity index (χ1n) is 5.74. The number of hydrogen-bond acceptors (Lipinski definition) is 3. The van der Waals surface area contributed by atoms with Crippen molar-refractivity contribution in [2.24, 2.45) is 10.9 Å². The Bertz CT molecular complexity index is 180. The second-order valence-electron chi connectivity index (χ2n) is 3.97. The predicted molar refractivity (Wildman–Crippen MR) is 66.1 cm³/mol. The van der Waals surface area contributed by atoms with Crippen molar-refractivity contribution in [3.63, 3.8) is 0 Å². The zero-order valence-corrected chi connectivity index (χ0v) is 10.2. The van der Waals surface area contributed by atoms with Crippen LogP contribution in [-0.4, -0.2) is 24.0 Å². The highest BCUT2D eigenvalue weighted by molar-refractivity contribution is 8.14. The van der Waals surface area contributed by atoms with E-state index in [1.807, 2.05) is 11.8 Å². The third-order valence-corrected chi connectivity index (χ3v) is 3.62. The molecule has 1 atom stereocenters. The highest BCUT2D eigenvalue weighted by Gasteiger charge is 2.05. The summed E-state index contributed by atoms with van der Waals surface area (Å²) in [5.74, 6) is 2.06. The van der Waals surface area contributed by atoms with Crippen molar-refractivity contribution < 1.29 is 0 Å². The highest BCUT2D eigenvalue weighted by atomic mass is 32.2. The first kappa shape index (κ1) is 11.9. The summed E-state index contributed by atoms with van der Waals surface area (Å²) in [4.78, 5) is 4.35. The maximum Gasteiger partial charge on any atom is 0.156 e. The lowest BCUT2D eigenvalue weighted by atomic mass is 10.0. The predicted octanol–water partition coefficient (Wildman–Crippen LogP) is 2.90. The molecule has 0 radical (unpaired) electrons. The quantitative estimate of drug-likeness (QED) is 0.688. The summed E-state index contributed by atoms with van der Waals surface area (Å²) in [5, 5.41) is 4.55. The molecule has 1 rings (SSSR count). The lowest BCUT2D eigenvalue weighted by molar-refractivity contribution is 0.484. The fraction of sp³-hybridized carbons (Fsp3) is 0.909. The van der Waals surface area contributed by atoms with Gasteiger partial charge in [0.15, 0.2) is 5.17 Å². The molecule has 0 saturated heterocycles. The van der Waals surface area contributed by atoms with Gasteiger partial charge in [-0.05, 0) is 12.3 Å². The number of amidine groups is 1. The van der Waals surface area contributed by atoms with E-state index in [0.717, 1.165) is 29.9 Å². The van der Waals surface area contributed by atoms with Crippen molar-refractivity contribution in [1.82, 2.24) is 5.32 Å². The molecule has 0 spiro atoms. The van der Waals surface area contributed by atoms with Gasteiger partial charge in [-0.15, -0.1) is 0 Å². The van der Waals surface area contributed by atoms with Gasteiger partial charge in [0.1, 0.15) is 0 Å². The van der Waals surface area contributed by atoms with Gasteiger partial charge in [0, 0.05) is 12.3 Å². The van der Waals surface area contributed by atoms with Gasteiger partial charge in [-0.2, -0.15) is 0 Å². The molecule has 0 fully saturated rings. The van der Waals surface area contributed by atoms with Gasteiger partial charge in [-0.25, -0.2) is 0 Å². The monoisotopic (exact) mass is 214 g/mol. The minimum atomic E-state index is 0.896. The van der Waals surface area contributed by atoms with E-state index in [2.05, 4.69) is 24.2 Å². The molecule has 2 nitrogen and oxygen atoms in total. The molecule has 0 aliphatic carbocycles.